The molecule has 0 nitrogen and oxygen atoms in total. The zero-order valence-corrected chi connectivity index (χ0v) is 10.7. The lowest BCUT2D eigenvalue weighted by Gasteiger charge is -2.33. The number of rotatable bonds is 4. The average Bonchev–Trinajstić information content (AvgIpc) is 2.52. The van der Waals surface area contributed by atoms with Gasteiger partial charge in [0.25, 0.3) is 0 Å². The average molecular weight is 216 g/mol. The van der Waals surface area contributed by atoms with Gasteiger partial charge < -0.3 is 0 Å². The van der Waals surface area contributed by atoms with E-state index in [2.05, 4.69) is 32.4 Å². The van der Waals surface area contributed by atoms with Crippen molar-refractivity contribution in [3.8, 4) is 0 Å². The molecule has 2 atom stereocenters. The highest BCUT2D eigenvalue weighted by atomic mass is 32.2. The van der Waals surface area contributed by atoms with E-state index in [0.717, 1.165) is 5.92 Å². The maximum atomic E-state index is 2.42. The van der Waals surface area contributed by atoms with Crippen molar-refractivity contribution in [1.82, 2.24) is 0 Å². The Morgan fingerprint density at radius 3 is 2.62 bits per heavy atom. The molecule has 0 saturated carbocycles. The molecule has 2 heteroatoms. The van der Waals surface area contributed by atoms with E-state index in [4.69, 9.17) is 0 Å². The van der Waals surface area contributed by atoms with Crippen molar-refractivity contribution in [1.29, 1.82) is 0 Å². The van der Waals surface area contributed by atoms with Crippen LogP contribution in [-0.2, 0) is 0 Å². The molecule has 0 bridgehead atoms. The minimum absolute atomic E-state index is 0.480. The standard InChI is InChI=1S/C11H20S2/c1-9-5-6-10(7-9)11(2,13-4)8-12-3/h5,10H,6-8H2,1-4H3. The molecule has 2 unspecified atom stereocenters. The second-order valence-corrected chi connectivity index (χ2v) is 6.34. The molecule has 0 spiro atoms. The van der Waals surface area contributed by atoms with Gasteiger partial charge in [0, 0.05) is 10.5 Å². The van der Waals surface area contributed by atoms with Gasteiger partial charge in [-0.15, -0.1) is 0 Å². The summed E-state index contributed by atoms with van der Waals surface area (Å²) >= 11 is 4.02. The van der Waals surface area contributed by atoms with Gasteiger partial charge in [-0.25, -0.2) is 0 Å². The van der Waals surface area contributed by atoms with Gasteiger partial charge >= 0.3 is 0 Å². The SMILES string of the molecule is CSCC(C)(SC)C1CC=C(C)C1. The molecule has 0 radical (unpaired) electrons. The summed E-state index contributed by atoms with van der Waals surface area (Å²) in [6, 6.07) is 0. The summed E-state index contributed by atoms with van der Waals surface area (Å²) in [5, 5.41) is 0. The Bertz CT molecular complexity index is 198. The third-order valence-electron chi connectivity index (χ3n) is 3.08. The van der Waals surface area contributed by atoms with Crippen LogP contribution in [0, 0.1) is 5.92 Å². The first-order valence-corrected chi connectivity index (χ1v) is 7.44. The molecular weight excluding hydrogens is 196 g/mol. The maximum absolute atomic E-state index is 2.42. The van der Waals surface area contributed by atoms with E-state index >= 15 is 0 Å². The molecule has 0 aromatic rings. The minimum Gasteiger partial charge on any atom is -0.164 e. The Morgan fingerprint density at radius 2 is 2.23 bits per heavy atom. The fourth-order valence-corrected chi connectivity index (χ4v) is 4.14. The molecule has 0 saturated heterocycles. The predicted molar refractivity (Wildman–Crippen MR) is 66.8 cm³/mol. The lowest BCUT2D eigenvalue weighted by Crippen LogP contribution is -2.32. The Kier molecular flexibility index (Phi) is 4.24. The van der Waals surface area contributed by atoms with Crippen LogP contribution in [0.5, 0.6) is 0 Å². The highest BCUT2D eigenvalue weighted by Crippen LogP contribution is 2.42. The van der Waals surface area contributed by atoms with E-state index in [1.54, 1.807) is 5.57 Å². The van der Waals surface area contributed by atoms with Gasteiger partial charge in [-0.3, -0.25) is 0 Å². The molecule has 1 rings (SSSR count). The lowest BCUT2D eigenvalue weighted by molar-refractivity contribution is 0.452. The molecule has 76 valence electrons. The number of thioether (sulfide) groups is 2. The van der Waals surface area contributed by atoms with Crippen LogP contribution < -0.4 is 0 Å². The fourth-order valence-electron chi connectivity index (χ4n) is 1.99. The lowest BCUT2D eigenvalue weighted by atomic mass is 9.91. The Balaban J connectivity index is 2.57. The quantitative estimate of drug-likeness (QED) is 0.655. The molecule has 0 amide bonds. The Hall–Kier alpha value is 0.440. The Labute approximate surface area is 90.9 Å². The summed E-state index contributed by atoms with van der Waals surface area (Å²) in [6.45, 7) is 4.69. The third-order valence-corrected chi connectivity index (χ3v) is 5.56. The normalized spacial score (nSPS) is 27.1. The van der Waals surface area contributed by atoms with Crippen molar-refractivity contribution in [2.75, 3.05) is 18.3 Å². The van der Waals surface area contributed by atoms with E-state index < -0.39 is 0 Å². The second-order valence-electron chi connectivity index (χ2n) is 4.14. The van der Waals surface area contributed by atoms with E-state index in [-0.39, 0.29) is 0 Å². The van der Waals surface area contributed by atoms with Crippen LogP contribution in [0.3, 0.4) is 0 Å². The molecule has 0 aromatic heterocycles. The van der Waals surface area contributed by atoms with Crippen molar-refractivity contribution >= 4 is 23.5 Å². The molecule has 0 heterocycles. The minimum atomic E-state index is 0.480. The van der Waals surface area contributed by atoms with Gasteiger partial charge in [-0.05, 0) is 45.1 Å². The maximum Gasteiger partial charge on any atom is 0.0253 e. The van der Waals surface area contributed by atoms with Crippen LogP contribution in [0.25, 0.3) is 0 Å². The van der Waals surface area contributed by atoms with Crippen LogP contribution in [0.15, 0.2) is 11.6 Å². The number of hydrogen-bond donors (Lipinski definition) is 0. The highest BCUT2D eigenvalue weighted by molar-refractivity contribution is 8.03. The van der Waals surface area contributed by atoms with Crippen LogP contribution >= 0.6 is 23.5 Å². The van der Waals surface area contributed by atoms with Gasteiger partial charge in [-0.2, -0.15) is 23.5 Å². The predicted octanol–water partition coefficient (Wildman–Crippen LogP) is 3.83. The van der Waals surface area contributed by atoms with Gasteiger partial charge in [0.2, 0.25) is 0 Å². The summed E-state index contributed by atoms with van der Waals surface area (Å²) in [7, 11) is 0. The van der Waals surface area contributed by atoms with Crippen molar-refractivity contribution in [3.63, 3.8) is 0 Å². The molecule has 0 fully saturated rings. The van der Waals surface area contributed by atoms with Crippen LogP contribution in [0.1, 0.15) is 26.7 Å². The topological polar surface area (TPSA) is 0 Å². The van der Waals surface area contributed by atoms with Gasteiger partial charge in [0.1, 0.15) is 0 Å². The van der Waals surface area contributed by atoms with Crippen LogP contribution in [-0.4, -0.2) is 23.0 Å². The summed E-state index contributed by atoms with van der Waals surface area (Å²) in [5.41, 5.74) is 1.59. The van der Waals surface area contributed by atoms with E-state index in [0.29, 0.717) is 4.75 Å². The highest BCUT2D eigenvalue weighted by Gasteiger charge is 2.34. The molecule has 0 N–H and O–H groups in total. The molecule has 13 heavy (non-hydrogen) atoms. The zero-order chi connectivity index (χ0) is 9.90. The number of allylic oxidation sites excluding steroid dienone is 2. The number of hydrogen-bond acceptors (Lipinski definition) is 2. The van der Waals surface area contributed by atoms with Crippen molar-refractivity contribution in [2.24, 2.45) is 5.92 Å². The molecular formula is C11H20S2. The van der Waals surface area contributed by atoms with Crippen LogP contribution in [0.2, 0.25) is 0 Å². The second kappa shape index (κ2) is 4.79. The van der Waals surface area contributed by atoms with E-state index in [1.807, 2.05) is 23.5 Å². The molecule has 0 aliphatic heterocycles. The summed E-state index contributed by atoms with van der Waals surface area (Å²) in [5.74, 6) is 2.15. The molecule has 0 aromatic carbocycles. The summed E-state index contributed by atoms with van der Waals surface area (Å²) in [4.78, 5) is 0. The summed E-state index contributed by atoms with van der Waals surface area (Å²) < 4.78 is 0.480. The van der Waals surface area contributed by atoms with E-state index in [1.165, 1.54) is 18.6 Å². The first-order chi connectivity index (χ1) is 6.12. The smallest absolute Gasteiger partial charge is 0.0253 e. The monoisotopic (exact) mass is 216 g/mol. The zero-order valence-electron chi connectivity index (χ0n) is 9.09. The van der Waals surface area contributed by atoms with Crippen molar-refractivity contribution < 1.29 is 0 Å². The van der Waals surface area contributed by atoms with E-state index in [9.17, 15) is 0 Å². The first-order valence-electron chi connectivity index (χ1n) is 4.82. The van der Waals surface area contributed by atoms with Gasteiger partial charge in [0.05, 0.1) is 0 Å². The van der Waals surface area contributed by atoms with Gasteiger partial charge in [0.15, 0.2) is 0 Å². The molecule has 1 aliphatic rings. The Morgan fingerprint density at radius 1 is 1.54 bits per heavy atom. The van der Waals surface area contributed by atoms with Crippen molar-refractivity contribution in [3.05, 3.63) is 11.6 Å². The third kappa shape index (κ3) is 2.69. The molecule has 1 aliphatic carbocycles. The van der Waals surface area contributed by atoms with Gasteiger partial charge in [-0.1, -0.05) is 11.6 Å². The van der Waals surface area contributed by atoms with Crippen molar-refractivity contribution in [2.45, 2.75) is 31.4 Å². The fraction of sp³-hybridized carbons (Fsp3) is 0.818. The summed E-state index contributed by atoms with van der Waals surface area (Å²) in [6.07, 6.45) is 9.49. The largest absolute Gasteiger partial charge is 0.164 e. The first kappa shape index (κ1) is 11.5. The van der Waals surface area contributed by atoms with Crippen LogP contribution in [0.4, 0.5) is 0 Å².